The normalized spacial score (nSPS) is 10.9. The highest BCUT2D eigenvalue weighted by Gasteiger charge is 2.12. The summed E-state index contributed by atoms with van der Waals surface area (Å²) in [4.78, 5) is 20.9. The Labute approximate surface area is 139 Å². The highest BCUT2D eigenvalue weighted by Crippen LogP contribution is 2.28. The second kappa shape index (κ2) is 6.29. The Kier molecular flexibility index (Phi) is 4.39. The van der Waals surface area contributed by atoms with Crippen LogP contribution in [0.4, 0.5) is 5.13 Å². The number of nitrogens with one attached hydrogen (secondary N) is 1. The average Bonchev–Trinajstić information content (AvgIpc) is 2.96. The van der Waals surface area contributed by atoms with Gasteiger partial charge in [-0.2, -0.15) is 0 Å². The number of carbonyl (C=O) groups excluding carboxylic acids is 1. The van der Waals surface area contributed by atoms with Crippen LogP contribution in [0.5, 0.6) is 0 Å². The van der Waals surface area contributed by atoms with E-state index in [1.807, 2.05) is 19.1 Å². The van der Waals surface area contributed by atoms with Gasteiger partial charge in [0.2, 0.25) is 0 Å². The number of halogens is 1. The van der Waals surface area contributed by atoms with Crippen LogP contribution < -0.4 is 10.6 Å². The molecule has 0 radical (unpaired) electrons. The zero-order valence-electron chi connectivity index (χ0n) is 11.8. The Balaban J connectivity index is 1.87. The third-order valence-electron chi connectivity index (χ3n) is 3.22. The van der Waals surface area contributed by atoms with E-state index in [4.69, 9.17) is 11.6 Å². The first-order valence-electron chi connectivity index (χ1n) is 6.56. The van der Waals surface area contributed by atoms with E-state index in [2.05, 4.69) is 24.5 Å². The van der Waals surface area contributed by atoms with Crippen LogP contribution in [0.25, 0.3) is 10.2 Å². The topological polar surface area (TPSA) is 54.9 Å². The molecule has 4 nitrogen and oxygen atoms in total. The fourth-order valence-corrected chi connectivity index (χ4v) is 3.54. The maximum Gasteiger partial charge on any atom is 0.259 e. The summed E-state index contributed by atoms with van der Waals surface area (Å²) >= 11 is 7.15. The number of fused-ring (bicyclic) bond motifs is 1. The van der Waals surface area contributed by atoms with Crippen molar-refractivity contribution in [1.82, 2.24) is 9.97 Å². The van der Waals surface area contributed by atoms with E-state index < -0.39 is 0 Å². The van der Waals surface area contributed by atoms with Gasteiger partial charge >= 0.3 is 0 Å². The van der Waals surface area contributed by atoms with Crippen molar-refractivity contribution in [2.24, 2.45) is 0 Å². The standard InChI is InChI=1S/C15H13ClN3OPS/c1-8-2-5-11(21)13-12(8)18-15(22-13)19-14(20)9-3-4-10(6-16)17-7-9/h2-5,7H,6,21H2,1H3,(H,18,19,20). The second-order valence-electron chi connectivity index (χ2n) is 4.79. The summed E-state index contributed by atoms with van der Waals surface area (Å²) in [6.07, 6.45) is 1.52. The van der Waals surface area contributed by atoms with Crippen molar-refractivity contribution in [1.29, 1.82) is 0 Å². The summed E-state index contributed by atoms with van der Waals surface area (Å²) in [5.74, 6) is 0.103. The Morgan fingerprint density at radius 3 is 2.82 bits per heavy atom. The van der Waals surface area contributed by atoms with Crippen LogP contribution in [0.3, 0.4) is 0 Å². The van der Waals surface area contributed by atoms with Crippen LogP contribution in [0, 0.1) is 6.92 Å². The third-order valence-corrected chi connectivity index (χ3v) is 5.20. The number of aryl methyl sites for hydroxylation is 1. The highest BCUT2D eigenvalue weighted by molar-refractivity contribution is 7.33. The van der Waals surface area contributed by atoms with Crippen molar-refractivity contribution in [3.05, 3.63) is 47.3 Å². The number of hydrogen-bond donors (Lipinski definition) is 1. The largest absolute Gasteiger partial charge is 0.298 e. The maximum absolute atomic E-state index is 12.2. The summed E-state index contributed by atoms with van der Waals surface area (Å²) in [5, 5.41) is 4.48. The molecule has 1 aromatic carbocycles. The maximum atomic E-state index is 12.2. The van der Waals surface area contributed by atoms with Gasteiger partial charge in [0.05, 0.1) is 27.4 Å². The first-order chi connectivity index (χ1) is 10.6. The Hall–Kier alpha value is -1.55. The molecule has 0 fully saturated rings. The molecule has 0 spiro atoms. The molecule has 1 amide bonds. The average molecular weight is 350 g/mol. The molecule has 2 heterocycles. The van der Waals surface area contributed by atoms with Crippen molar-refractivity contribution in [2.75, 3.05) is 5.32 Å². The molecule has 0 bridgehead atoms. The van der Waals surface area contributed by atoms with E-state index in [1.165, 1.54) is 17.5 Å². The number of aromatic nitrogens is 2. The van der Waals surface area contributed by atoms with Gasteiger partial charge in [0, 0.05) is 6.20 Å². The highest BCUT2D eigenvalue weighted by atomic mass is 35.5. The molecule has 0 aliphatic carbocycles. The zero-order chi connectivity index (χ0) is 15.7. The number of benzene rings is 1. The SMILES string of the molecule is Cc1ccc(P)c2sc(NC(=O)c3ccc(CCl)nc3)nc12. The van der Waals surface area contributed by atoms with Crippen molar-refractivity contribution in [3.8, 4) is 0 Å². The van der Waals surface area contributed by atoms with Crippen LogP contribution >= 0.6 is 32.2 Å². The van der Waals surface area contributed by atoms with E-state index in [0.29, 0.717) is 16.6 Å². The Morgan fingerprint density at radius 1 is 1.36 bits per heavy atom. The van der Waals surface area contributed by atoms with Gasteiger partial charge in [-0.3, -0.25) is 15.1 Å². The number of thiazole rings is 1. The molecule has 3 rings (SSSR count). The first kappa shape index (κ1) is 15.3. The van der Waals surface area contributed by atoms with Gasteiger partial charge in [-0.25, -0.2) is 4.98 Å². The number of alkyl halides is 1. The fourth-order valence-electron chi connectivity index (χ4n) is 2.01. The third kappa shape index (κ3) is 2.98. The number of nitrogens with zero attached hydrogens (tertiary/aromatic N) is 2. The molecule has 0 aliphatic heterocycles. The van der Waals surface area contributed by atoms with Crippen LogP contribution in [-0.4, -0.2) is 15.9 Å². The number of rotatable bonds is 3. The lowest BCUT2D eigenvalue weighted by Gasteiger charge is -2.01. The van der Waals surface area contributed by atoms with Crippen LogP contribution in [0.2, 0.25) is 0 Å². The van der Waals surface area contributed by atoms with E-state index in [1.54, 1.807) is 12.1 Å². The van der Waals surface area contributed by atoms with Crippen LogP contribution in [0.15, 0.2) is 30.5 Å². The summed E-state index contributed by atoms with van der Waals surface area (Å²) < 4.78 is 1.07. The molecule has 22 heavy (non-hydrogen) atoms. The zero-order valence-corrected chi connectivity index (χ0v) is 14.5. The lowest BCUT2D eigenvalue weighted by molar-refractivity contribution is 0.102. The lowest BCUT2D eigenvalue weighted by atomic mass is 10.2. The van der Waals surface area contributed by atoms with Crippen molar-refractivity contribution in [2.45, 2.75) is 12.8 Å². The number of carbonyl (C=O) groups is 1. The van der Waals surface area contributed by atoms with Gasteiger partial charge < -0.3 is 0 Å². The van der Waals surface area contributed by atoms with Crippen LogP contribution in [0.1, 0.15) is 21.6 Å². The predicted octanol–water partition coefficient (Wildman–Crippen LogP) is 3.49. The minimum atomic E-state index is -0.226. The molecule has 1 N–H and O–H groups in total. The minimum absolute atomic E-state index is 0.226. The van der Waals surface area contributed by atoms with Gasteiger partial charge in [-0.15, -0.1) is 20.8 Å². The molecule has 0 saturated heterocycles. The molecule has 0 aliphatic rings. The summed E-state index contributed by atoms with van der Waals surface area (Å²) in [7, 11) is 2.69. The Bertz CT molecular complexity index is 809. The van der Waals surface area contributed by atoms with E-state index in [0.717, 1.165) is 26.8 Å². The summed E-state index contributed by atoms with van der Waals surface area (Å²) in [6.45, 7) is 2.01. The van der Waals surface area contributed by atoms with Gasteiger partial charge in [0.25, 0.3) is 5.91 Å². The quantitative estimate of drug-likeness (QED) is 0.581. The molecule has 1 unspecified atom stereocenters. The van der Waals surface area contributed by atoms with Gasteiger partial charge in [-0.05, 0) is 29.9 Å². The summed E-state index contributed by atoms with van der Waals surface area (Å²) in [5.41, 5.74) is 3.23. The van der Waals surface area contributed by atoms with Crippen molar-refractivity contribution >= 4 is 58.7 Å². The number of amides is 1. The van der Waals surface area contributed by atoms with Crippen LogP contribution in [-0.2, 0) is 5.88 Å². The second-order valence-corrected chi connectivity index (χ2v) is 6.68. The Morgan fingerprint density at radius 2 is 2.18 bits per heavy atom. The number of hydrogen-bond acceptors (Lipinski definition) is 4. The molecule has 3 aromatic rings. The van der Waals surface area contributed by atoms with Crippen molar-refractivity contribution in [3.63, 3.8) is 0 Å². The number of anilines is 1. The molecule has 2 aromatic heterocycles. The smallest absolute Gasteiger partial charge is 0.259 e. The molecular formula is C15H13ClN3OPS. The predicted molar refractivity (Wildman–Crippen MR) is 95.4 cm³/mol. The summed E-state index contributed by atoms with van der Waals surface area (Å²) in [6, 6.07) is 7.50. The fraction of sp³-hybridized carbons (Fsp3) is 0.133. The minimum Gasteiger partial charge on any atom is -0.298 e. The van der Waals surface area contributed by atoms with Gasteiger partial charge in [0.1, 0.15) is 0 Å². The molecule has 112 valence electrons. The number of pyridine rings is 1. The molecule has 1 atom stereocenters. The first-order valence-corrected chi connectivity index (χ1v) is 8.49. The van der Waals surface area contributed by atoms with Gasteiger partial charge in [-0.1, -0.05) is 23.5 Å². The van der Waals surface area contributed by atoms with E-state index >= 15 is 0 Å². The van der Waals surface area contributed by atoms with Crippen molar-refractivity contribution < 1.29 is 4.79 Å². The van der Waals surface area contributed by atoms with Gasteiger partial charge in [0.15, 0.2) is 5.13 Å². The molecule has 0 saturated carbocycles. The van der Waals surface area contributed by atoms with E-state index in [9.17, 15) is 4.79 Å². The molecular weight excluding hydrogens is 337 g/mol. The monoisotopic (exact) mass is 349 g/mol. The van der Waals surface area contributed by atoms with E-state index in [-0.39, 0.29) is 5.91 Å². The lowest BCUT2D eigenvalue weighted by Crippen LogP contribution is -2.12. The molecule has 7 heteroatoms.